The number of rotatable bonds is 7. The zero-order chi connectivity index (χ0) is 14.3. The van der Waals surface area contributed by atoms with Gasteiger partial charge in [-0.3, -0.25) is 9.05 Å². The van der Waals surface area contributed by atoms with Gasteiger partial charge in [0.25, 0.3) is 0 Å². The summed E-state index contributed by atoms with van der Waals surface area (Å²) in [5, 5.41) is 8.42. The van der Waals surface area contributed by atoms with E-state index >= 15 is 0 Å². The fourth-order valence-corrected chi connectivity index (χ4v) is 2.40. The molecule has 0 spiro atoms. The zero-order valence-electron chi connectivity index (χ0n) is 10.6. The summed E-state index contributed by atoms with van der Waals surface area (Å²) in [7, 11) is -3.64. The van der Waals surface area contributed by atoms with E-state index in [4.69, 9.17) is 18.7 Å². The van der Waals surface area contributed by atoms with E-state index in [9.17, 15) is 9.36 Å². The highest BCUT2D eigenvalue weighted by atomic mass is 31.2. The lowest BCUT2D eigenvalue weighted by molar-refractivity contribution is 0.144. The fraction of sp³-hybridized carbons (Fsp3) is 0.364. The van der Waals surface area contributed by atoms with Gasteiger partial charge in [0.05, 0.1) is 13.2 Å². The van der Waals surface area contributed by atoms with Crippen molar-refractivity contribution in [3.63, 3.8) is 0 Å². The number of carbonyl (C=O) groups is 1. The zero-order valence-corrected chi connectivity index (χ0v) is 11.5. The van der Waals surface area contributed by atoms with E-state index in [0.717, 1.165) is 0 Å². The number of hydrogen-bond acceptors (Lipinski definition) is 6. The topological polar surface area (TPSA) is 91.3 Å². The van der Waals surface area contributed by atoms with Gasteiger partial charge in [-0.05, 0) is 38.1 Å². The van der Waals surface area contributed by atoms with Crippen LogP contribution in [0.4, 0.5) is 4.79 Å². The minimum Gasteiger partial charge on any atom is -0.449 e. The summed E-state index contributed by atoms with van der Waals surface area (Å²) in [5.74, 6) is 0.352. The third-order valence-electron chi connectivity index (χ3n) is 1.82. The molecule has 0 fully saturated rings. The average Bonchev–Trinajstić information content (AvgIpc) is 2.31. The number of carboxylic acid groups (broad SMARTS) is 1. The smallest absolute Gasteiger partial charge is 0.449 e. The lowest BCUT2D eigenvalue weighted by atomic mass is 10.3. The molecule has 0 heterocycles. The Bertz CT molecular complexity index is 447. The van der Waals surface area contributed by atoms with Crippen molar-refractivity contribution in [3.8, 4) is 11.5 Å². The monoisotopic (exact) mass is 290 g/mol. The molecule has 0 saturated heterocycles. The van der Waals surface area contributed by atoms with Gasteiger partial charge < -0.3 is 14.4 Å². The van der Waals surface area contributed by atoms with Gasteiger partial charge in [-0.25, -0.2) is 9.36 Å². The highest BCUT2D eigenvalue weighted by Crippen LogP contribution is 2.49. The molecule has 7 nitrogen and oxygen atoms in total. The predicted octanol–water partition coefficient (Wildman–Crippen LogP) is 3.30. The van der Waals surface area contributed by atoms with E-state index in [-0.39, 0.29) is 24.7 Å². The first-order valence-corrected chi connectivity index (χ1v) is 7.04. The number of benzene rings is 1. The standard InChI is InChI=1S/C11H15O7P/c1-3-15-19(14,16-4-2)18-10-7-5-9(6-8-10)17-11(12)13/h5-8H,3-4H2,1-2H3,(H,12,13). The molecule has 0 radical (unpaired) electrons. The highest BCUT2D eigenvalue weighted by molar-refractivity contribution is 7.48. The third kappa shape index (κ3) is 5.30. The molecule has 1 rings (SSSR count). The van der Waals surface area contributed by atoms with Gasteiger partial charge in [0.2, 0.25) is 0 Å². The molecule has 0 amide bonds. The van der Waals surface area contributed by atoms with Crippen LogP contribution in [0.25, 0.3) is 0 Å². The second kappa shape index (κ2) is 7.13. The molecule has 0 aliphatic rings. The van der Waals surface area contributed by atoms with Gasteiger partial charge in [-0.1, -0.05) is 0 Å². The van der Waals surface area contributed by atoms with Crippen molar-refractivity contribution in [3.05, 3.63) is 24.3 Å². The van der Waals surface area contributed by atoms with Crippen LogP contribution in [-0.4, -0.2) is 24.5 Å². The number of phosphoric acid groups is 1. The molecule has 8 heteroatoms. The molecule has 1 aromatic rings. The summed E-state index contributed by atoms with van der Waals surface area (Å²) in [6.45, 7) is 3.69. The average molecular weight is 290 g/mol. The number of ether oxygens (including phenoxy) is 1. The second-order valence-corrected chi connectivity index (χ2v) is 4.81. The molecule has 1 aromatic carbocycles. The van der Waals surface area contributed by atoms with E-state index in [2.05, 4.69) is 4.74 Å². The van der Waals surface area contributed by atoms with E-state index < -0.39 is 14.0 Å². The molecule has 19 heavy (non-hydrogen) atoms. The summed E-state index contributed by atoms with van der Waals surface area (Å²) in [4.78, 5) is 10.3. The third-order valence-corrected chi connectivity index (χ3v) is 3.40. The Morgan fingerprint density at radius 1 is 1.11 bits per heavy atom. The van der Waals surface area contributed by atoms with Crippen molar-refractivity contribution in [1.82, 2.24) is 0 Å². The van der Waals surface area contributed by atoms with Gasteiger partial charge in [-0.15, -0.1) is 0 Å². The van der Waals surface area contributed by atoms with Crippen LogP contribution >= 0.6 is 7.82 Å². The maximum Gasteiger partial charge on any atom is 0.530 e. The van der Waals surface area contributed by atoms with E-state index in [1.54, 1.807) is 13.8 Å². The molecule has 0 atom stereocenters. The first-order valence-electron chi connectivity index (χ1n) is 5.58. The van der Waals surface area contributed by atoms with Crippen molar-refractivity contribution in [2.75, 3.05) is 13.2 Å². The summed E-state index contributed by atoms with van der Waals surface area (Å²) in [6.07, 6.45) is -1.41. The first kappa shape index (κ1) is 15.5. The fourth-order valence-electron chi connectivity index (χ4n) is 1.20. The van der Waals surface area contributed by atoms with E-state index in [0.29, 0.717) is 0 Å². The Labute approximate surface area is 110 Å². The van der Waals surface area contributed by atoms with Gasteiger partial charge in [0.15, 0.2) is 0 Å². The molecule has 0 aromatic heterocycles. The Morgan fingerprint density at radius 2 is 1.58 bits per heavy atom. The summed E-state index contributed by atoms with van der Waals surface area (Å²) in [6, 6.07) is 5.54. The quantitative estimate of drug-likeness (QED) is 0.468. The largest absolute Gasteiger partial charge is 0.530 e. The Balaban J connectivity index is 2.75. The van der Waals surface area contributed by atoms with E-state index in [1.165, 1.54) is 24.3 Å². The van der Waals surface area contributed by atoms with Crippen molar-refractivity contribution in [2.24, 2.45) is 0 Å². The van der Waals surface area contributed by atoms with E-state index in [1.807, 2.05) is 0 Å². The maximum atomic E-state index is 12.1. The van der Waals surface area contributed by atoms with Gasteiger partial charge in [0.1, 0.15) is 11.5 Å². The molecule has 106 valence electrons. The Hall–Kier alpha value is -1.56. The Morgan fingerprint density at radius 3 is 2.00 bits per heavy atom. The van der Waals surface area contributed by atoms with Crippen molar-refractivity contribution < 1.29 is 32.8 Å². The van der Waals surface area contributed by atoms with Gasteiger partial charge in [0, 0.05) is 0 Å². The summed E-state index contributed by atoms with van der Waals surface area (Å²) < 4.78 is 31.5. The molecular formula is C11H15O7P. The Kier molecular flexibility index (Phi) is 5.82. The normalized spacial score (nSPS) is 11.1. The van der Waals surface area contributed by atoms with Crippen LogP contribution in [0.1, 0.15) is 13.8 Å². The lowest BCUT2D eigenvalue weighted by Gasteiger charge is -2.16. The minimum absolute atomic E-state index is 0.127. The van der Waals surface area contributed by atoms with Gasteiger partial charge in [-0.2, -0.15) is 0 Å². The molecule has 0 bridgehead atoms. The lowest BCUT2D eigenvalue weighted by Crippen LogP contribution is -2.04. The van der Waals surface area contributed by atoms with Crippen molar-refractivity contribution in [2.45, 2.75) is 13.8 Å². The molecule has 0 aliphatic heterocycles. The molecule has 1 N–H and O–H groups in total. The minimum atomic E-state index is -3.64. The van der Waals surface area contributed by atoms with Crippen LogP contribution in [0.5, 0.6) is 11.5 Å². The first-order chi connectivity index (χ1) is 8.99. The van der Waals surface area contributed by atoms with Crippen molar-refractivity contribution in [1.29, 1.82) is 0 Å². The molecule has 0 aliphatic carbocycles. The molecular weight excluding hydrogens is 275 g/mol. The van der Waals surface area contributed by atoms with Crippen LogP contribution in [0, 0.1) is 0 Å². The number of hydrogen-bond donors (Lipinski definition) is 1. The summed E-state index contributed by atoms with van der Waals surface area (Å²) in [5.41, 5.74) is 0. The maximum absolute atomic E-state index is 12.1. The van der Waals surface area contributed by atoms with Crippen molar-refractivity contribution >= 4 is 14.0 Å². The SMILES string of the molecule is CCOP(=O)(OCC)Oc1ccc(OC(=O)O)cc1. The summed E-state index contributed by atoms with van der Waals surface area (Å²) >= 11 is 0. The predicted molar refractivity (Wildman–Crippen MR) is 66.6 cm³/mol. The van der Waals surface area contributed by atoms with Crippen LogP contribution in [-0.2, 0) is 13.6 Å². The van der Waals surface area contributed by atoms with Crippen LogP contribution < -0.4 is 9.26 Å². The molecule has 0 saturated carbocycles. The highest BCUT2D eigenvalue weighted by Gasteiger charge is 2.27. The van der Waals surface area contributed by atoms with Gasteiger partial charge >= 0.3 is 14.0 Å². The van der Waals surface area contributed by atoms with Crippen LogP contribution in [0.2, 0.25) is 0 Å². The number of phosphoric ester groups is 1. The second-order valence-electron chi connectivity index (χ2n) is 3.21. The van der Waals surface area contributed by atoms with Crippen LogP contribution in [0.3, 0.4) is 0 Å². The molecule has 0 unspecified atom stereocenters. The van der Waals surface area contributed by atoms with Crippen LogP contribution in [0.15, 0.2) is 24.3 Å².